The van der Waals surface area contributed by atoms with Gasteiger partial charge in [-0.05, 0) is 13.8 Å². The van der Waals surface area contributed by atoms with Crippen LogP contribution in [0.3, 0.4) is 0 Å². The van der Waals surface area contributed by atoms with E-state index in [0.717, 1.165) is 15.6 Å². The van der Waals surface area contributed by atoms with Crippen molar-refractivity contribution in [3.63, 3.8) is 0 Å². The Hall–Kier alpha value is -1.43. The number of nitrogens with zero attached hydrogens (tertiary/aromatic N) is 3. The normalized spacial score (nSPS) is 10.6. The summed E-state index contributed by atoms with van der Waals surface area (Å²) in [6.07, 6.45) is 1.60. The highest BCUT2D eigenvalue weighted by Gasteiger charge is 2.00. The van der Waals surface area contributed by atoms with E-state index in [0.29, 0.717) is 0 Å². The minimum Gasteiger partial charge on any atom is -0.369 e. The van der Waals surface area contributed by atoms with Crippen molar-refractivity contribution in [2.45, 2.75) is 13.8 Å². The lowest BCUT2D eigenvalue weighted by atomic mass is 10.4. The fraction of sp³-hybridized carbons (Fsp3) is 0.286. The van der Waals surface area contributed by atoms with E-state index in [9.17, 15) is 0 Å². The third-order valence-corrected chi connectivity index (χ3v) is 2.30. The molecule has 0 spiro atoms. The summed E-state index contributed by atoms with van der Waals surface area (Å²) in [7, 11) is 0. The first-order chi connectivity index (χ1) is 6.09. The zero-order chi connectivity index (χ0) is 9.84. The molecule has 6 heteroatoms. The van der Waals surface area contributed by atoms with Gasteiger partial charge in [-0.15, -0.1) is 16.4 Å². The van der Waals surface area contributed by atoms with Gasteiger partial charge in [-0.25, -0.2) is 4.98 Å². The highest BCUT2D eigenvalue weighted by atomic mass is 32.1. The van der Waals surface area contributed by atoms with E-state index in [1.54, 1.807) is 17.6 Å². The number of hydrogen-bond acceptors (Lipinski definition) is 4. The first-order valence-corrected chi connectivity index (χ1v) is 4.47. The third-order valence-electron chi connectivity index (χ3n) is 1.29. The Kier molecular flexibility index (Phi) is 2.97. The van der Waals surface area contributed by atoms with E-state index in [4.69, 9.17) is 11.5 Å². The molecule has 0 bridgehead atoms. The van der Waals surface area contributed by atoms with Gasteiger partial charge < -0.3 is 11.5 Å². The van der Waals surface area contributed by atoms with Gasteiger partial charge in [-0.2, -0.15) is 5.10 Å². The van der Waals surface area contributed by atoms with E-state index in [1.165, 1.54) is 0 Å². The van der Waals surface area contributed by atoms with Crippen LogP contribution in [0.4, 0.5) is 0 Å². The van der Waals surface area contributed by atoms with E-state index < -0.39 is 0 Å². The monoisotopic (exact) mass is 197 g/mol. The average Bonchev–Trinajstić information content (AvgIpc) is 2.29. The number of guanidine groups is 1. The van der Waals surface area contributed by atoms with Crippen LogP contribution in [0.2, 0.25) is 0 Å². The second-order valence-electron chi connectivity index (χ2n) is 2.45. The van der Waals surface area contributed by atoms with Crippen LogP contribution in [-0.2, 0) is 0 Å². The lowest BCUT2D eigenvalue weighted by Crippen LogP contribution is -2.21. The fourth-order valence-electron chi connectivity index (χ4n) is 0.815. The lowest BCUT2D eigenvalue weighted by Gasteiger charge is -1.85. The van der Waals surface area contributed by atoms with Crippen LogP contribution in [0.5, 0.6) is 0 Å². The van der Waals surface area contributed by atoms with Crippen LogP contribution < -0.4 is 11.5 Å². The number of aryl methyl sites for hydroxylation is 2. The van der Waals surface area contributed by atoms with E-state index in [-0.39, 0.29) is 5.96 Å². The summed E-state index contributed by atoms with van der Waals surface area (Å²) in [5.74, 6) is -0.0462. The van der Waals surface area contributed by atoms with Crippen molar-refractivity contribution in [2.75, 3.05) is 0 Å². The van der Waals surface area contributed by atoms with Crippen LogP contribution in [0.1, 0.15) is 15.6 Å². The van der Waals surface area contributed by atoms with Gasteiger partial charge in [0, 0.05) is 0 Å². The molecule has 0 aliphatic heterocycles. The summed E-state index contributed by atoms with van der Waals surface area (Å²) in [6, 6.07) is 0. The molecule has 0 fully saturated rings. The summed E-state index contributed by atoms with van der Waals surface area (Å²) >= 11 is 1.55. The maximum atomic E-state index is 5.10. The summed E-state index contributed by atoms with van der Waals surface area (Å²) in [6.45, 7) is 3.86. The minimum absolute atomic E-state index is 0.0462. The van der Waals surface area contributed by atoms with E-state index >= 15 is 0 Å². The number of aromatic nitrogens is 1. The molecule has 1 aromatic heterocycles. The van der Waals surface area contributed by atoms with E-state index in [1.807, 2.05) is 13.8 Å². The van der Waals surface area contributed by atoms with Crippen molar-refractivity contribution in [2.24, 2.45) is 21.7 Å². The molecule has 0 aliphatic rings. The topological polar surface area (TPSA) is 89.6 Å². The van der Waals surface area contributed by atoms with E-state index in [2.05, 4.69) is 15.2 Å². The predicted molar refractivity (Wildman–Crippen MR) is 55.0 cm³/mol. The maximum absolute atomic E-state index is 5.10. The average molecular weight is 197 g/mol. The molecular weight excluding hydrogens is 186 g/mol. The molecule has 4 N–H and O–H groups in total. The highest BCUT2D eigenvalue weighted by molar-refractivity contribution is 7.13. The number of hydrogen-bond donors (Lipinski definition) is 2. The standard InChI is InChI=1S/C7H11N5S/c1-4-6(13-5(2)11-4)3-10-12-7(8)9/h3H,1-2H3,(H4,8,9,12)/b10-3+. The molecule has 1 aromatic rings. The highest BCUT2D eigenvalue weighted by Crippen LogP contribution is 2.14. The maximum Gasteiger partial charge on any atom is 0.211 e. The molecule has 0 saturated carbocycles. The molecule has 5 nitrogen and oxygen atoms in total. The molecule has 0 saturated heterocycles. The van der Waals surface area contributed by atoms with Gasteiger partial charge >= 0.3 is 0 Å². The smallest absolute Gasteiger partial charge is 0.211 e. The van der Waals surface area contributed by atoms with Crippen molar-refractivity contribution in [1.29, 1.82) is 0 Å². The summed E-state index contributed by atoms with van der Waals surface area (Å²) in [5, 5.41) is 8.19. The minimum atomic E-state index is -0.0462. The van der Waals surface area contributed by atoms with Crippen molar-refractivity contribution in [3.8, 4) is 0 Å². The molecule has 0 radical (unpaired) electrons. The van der Waals surface area contributed by atoms with Crippen LogP contribution in [0, 0.1) is 13.8 Å². The second kappa shape index (κ2) is 3.99. The molecular formula is C7H11N5S. The molecule has 0 unspecified atom stereocenters. The second-order valence-corrected chi connectivity index (χ2v) is 3.69. The van der Waals surface area contributed by atoms with Crippen LogP contribution in [0.25, 0.3) is 0 Å². The molecule has 0 aromatic carbocycles. The number of rotatable bonds is 2. The Morgan fingerprint density at radius 2 is 2.15 bits per heavy atom. The number of thiazole rings is 1. The van der Waals surface area contributed by atoms with Crippen LogP contribution in [-0.4, -0.2) is 17.2 Å². The Balaban J connectivity index is 2.80. The van der Waals surface area contributed by atoms with Crippen LogP contribution >= 0.6 is 11.3 Å². The molecule has 0 atom stereocenters. The molecule has 0 aliphatic carbocycles. The molecule has 70 valence electrons. The fourth-order valence-corrected chi connectivity index (χ4v) is 1.61. The summed E-state index contributed by atoms with van der Waals surface area (Å²) < 4.78 is 0. The summed E-state index contributed by atoms with van der Waals surface area (Å²) in [4.78, 5) is 5.20. The zero-order valence-corrected chi connectivity index (χ0v) is 8.30. The van der Waals surface area contributed by atoms with Crippen molar-refractivity contribution in [3.05, 3.63) is 15.6 Å². The van der Waals surface area contributed by atoms with Gasteiger partial charge in [0.2, 0.25) is 5.96 Å². The van der Waals surface area contributed by atoms with Crippen molar-refractivity contribution in [1.82, 2.24) is 4.98 Å². The van der Waals surface area contributed by atoms with Gasteiger partial charge in [-0.3, -0.25) is 0 Å². The van der Waals surface area contributed by atoms with Crippen molar-refractivity contribution >= 4 is 23.5 Å². The SMILES string of the molecule is Cc1nc(C)c(/C=N/N=C(N)N)s1. The van der Waals surface area contributed by atoms with Gasteiger partial charge in [0.15, 0.2) is 0 Å². The largest absolute Gasteiger partial charge is 0.369 e. The third kappa shape index (κ3) is 2.83. The van der Waals surface area contributed by atoms with Gasteiger partial charge in [0.25, 0.3) is 0 Å². The molecule has 1 rings (SSSR count). The Bertz CT molecular complexity index is 348. The predicted octanol–water partition coefficient (Wildman–Crippen LogP) is 0.367. The zero-order valence-electron chi connectivity index (χ0n) is 7.48. The van der Waals surface area contributed by atoms with Crippen LogP contribution in [0.15, 0.2) is 10.2 Å². The molecule has 1 heterocycles. The van der Waals surface area contributed by atoms with Gasteiger partial charge in [0.1, 0.15) is 0 Å². The Labute approximate surface area is 80.2 Å². The Morgan fingerprint density at radius 1 is 1.46 bits per heavy atom. The Morgan fingerprint density at radius 3 is 2.62 bits per heavy atom. The quantitative estimate of drug-likeness (QED) is 0.407. The molecule has 0 amide bonds. The molecule has 13 heavy (non-hydrogen) atoms. The van der Waals surface area contributed by atoms with Gasteiger partial charge in [0.05, 0.1) is 21.8 Å². The lowest BCUT2D eigenvalue weighted by molar-refractivity contribution is 1.19. The number of nitrogens with two attached hydrogens (primary N) is 2. The summed E-state index contributed by atoms with van der Waals surface area (Å²) in [5.41, 5.74) is 11.1. The first kappa shape index (κ1) is 9.66. The van der Waals surface area contributed by atoms with Gasteiger partial charge in [-0.1, -0.05) is 0 Å². The first-order valence-electron chi connectivity index (χ1n) is 3.65. The van der Waals surface area contributed by atoms with Crippen molar-refractivity contribution < 1.29 is 0 Å².